The molecule has 0 unspecified atom stereocenters. The van der Waals surface area contributed by atoms with E-state index in [1.165, 1.54) is 5.56 Å². The number of rotatable bonds is 1. The van der Waals surface area contributed by atoms with Gasteiger partial charge in [0.1, 0.15) is 5.65 Å². The van der Waals surface area contributed by atoms with Gasteiger partial charge in [-0.15, -0.1) is 0 Å². The van der Waals surface area contributed by atoms with E-state index >= 15 is 0 Å². The molecule has 3 heterocycles. The second kappa shape index (κ2) is 3.70. The molecule has 0 amide bonds. The second-order valence-electron chi connectivity index (χ2n) is 4.19. The minimum Gasteiger partial charge on any atom is -0.336 e. The third-order valence-corrected chi connectivity index (χ3v) is 3.03. The van der Waals surface area contributed by atoms with Crippen LogP contribution in [0.4, 0.5) is 0 Å². The van der Waals surface area contributed by atoms with Gasteiger partial charge in [0.05, 0.1) is 5.69 Å². The standard InChI is InChI=1S/C14H13N3/c1-10-4-3-7-15-13(10)11-5-8-16-14-12(11)6-9-17(14)2/h3-9H,1-2H3. The van der Waals surface area contributed by atoms with E-state index in [1.54, 1.807) is 0 Å². The lowest BCUT2D eigenvalue weighted by Crippen LogP contribution is -1.91. The Balaban J connectivity index is 2.35. The van der Waals surface area contributed by atoms with Gasteiger partial charge in [0.2, 0.25) is 0 Å². The van der Waals surface area contributed by atoms with E-state index in [9.17, 15) is 0 Å². The number of hydrogen-bond acceptors (Lipinski definition) is 2. The van der Waals surface area contributed by atoms with Gasteiger partial charge in [-0.3, -0.25) is 4.98 Å². The summed E-state index contributed by atoms with van der Waals surface area (Å²) in [5.74, 6) is 0. The molecule has 0 radical (unpaired) electrons. The monoisotopic (exact) mass is 223 g/mol. The lowest BCUT2D eigenvalue weighted by atomic mass is 10.1. The Bertz CT molecular complexity index is 683. The van der Waals surface area contributed by atoms with E-state index in [1.807, 2.05) is 42.3 Å². The Hall–Kier alpha value is -2.16. The fraction of sp³-hybridized carbons (Fsp3) is 0.143. The van der Waals surface area contributed by atoms with E-state index in [0.717, 1.165) is 22.3 Å². The Labute approximate surface area is 99.8 Å². The first-order chi connectivity index (χ1) is 8.27. The summed E-state index contributed by atoms with van der Waals surface area (Å²) in [6.07, 6.45) is 5.70. The lowest BCUT2D eigenvalue weighted by Gasteiger charge is -2.06. The molecule has 0 spiro atoms. The van der Waals surface area contributed by atoms with Gasteiger partial charge in [0.15, 0.2) is 0 Å². The second-order valence-corrected chi connectivity index (χ2v) is 4.19. The summed E-state index contributed by atoms with van der Waals surface area (Å²) in [5, 5.41) is 1.15. The smallest absolute Gasteiger partial charge is 0.140 e. The molecule has 17 heavy (non-hydrogen) atoms. The summed E-state index contributed by atoms with van der Waals surface area (Å²) >= 11 is 0. The average Bonchev–Trinajstić information content (AvgIpc) is 2.72. The average molecular weight is 223 g/mol. The zero-order chi connectivity index (χ0) is 11.8. The highest BCUT2D eigenvalue weighted by Crippen LogP contribution is 2.28. The van der Waals surface area contributed by atoms with Crippen molar-refractivity contribution >= 4 is 11.0 Å². The molecule has 0 saturated carbocycles. The van der Waals surface area contributed by atoms with Gasteiger partial charge < -0.3 is 4.57 Å². The molecule has 84 valence electrons. The van der Waals surface area contributed by atoms with Crippen LogP contribution in [0.1, 0.15) is 5.56 Å². The molecule has 0 aliphatic rings. The summed E-state index contributed by atoms with van der Waals surface area (Å²) in [6, 6.07) is 8.16. The highest BCUT2D eigenvalue weighted by atomic mass is 15.0. The van der Waals surface area contributed by atoms with Crippen LogP contribution in [-0.2, 0) is 7.05 Å². The summed E-state index contributed by atoms with van der Waals surface area (Å²) in [7, 11) is 2.00. The van der Waals surface area contributed by atoms with E-state index in [2.05, 4.69) is 29.0 Å². The zero-order valence-electron chi connectivity index (χ0n) is 9.88. The first-order valence-corrected chi connectivity index (χ1v) is 5.59. The zero-order valence-corrected chi connectivity index (χ0v) is 9.88. The van der Waals surface area contributed by atoms with Crippen LogP contribution in [0.5, 0.6) is 0 Å². The van der Waals surface area contributed by atoms with Crippen LogP contribution < -0.4 is 0 Å². The predicted molar refractivity (Wildman–Crippen MR) is 68.7 cm³/mol. The molecule has 3 heteroatoms. The summed E-state index contributed by atoms with van der Waals surface area (Å²) in [6.45, 7) is 2.08. The third kappa shape index (κ3) is 1.51. The normalized spacial score (nSPS) is 10.9. The minimum absolute atomic E-state index is 0.993. The number of nitrogens with zero attached hydrogens (tertiary/aromatic N) is 3. The predicted octanol–water partition coefficient (Wildman–Crippen LogP) is 2.94. The van der Waals surface area contributed by atoms with E-state index < -0.39 is 0 Å². The largest absolute Gasteiger partial charge is 0.336 e. The van der Waals surface area contributed by atoms with Crippen molar-refractivity contribution in [3.8, 4) is 11.3 Å². The van der Waals surface area contributed by atoms with Crippen LogP contribution in [0.3, 0.4) is 0 Å². The molecule has 3 aromatic rings. The van der Waals surface area contributed by atoms with E-state index in [4.69, 9.17) is 0 Å². The number of pyridine rings is 2. The van der Waals surface area contributed by atoms with Crippen LogP contribution in [0.25, 0.3) is 22.3 Å². The first kappa shape index (κ1) is 10.0. The SMILES string of the molecule is Cc1cccnc1-c1ccnc2c1ccn2C. The summed E-state index contributed by atoms with van der Waals surface area (Å²) in [5.41, 5.74) is 4.36. The minimum atomic E-state index is 0.993. The molecule has 0 N–H and O–H groups in total. The topological polar surface area (TPSA) is 30.7 Å². The quantitative estimate of drug-likeness (QED) is 0.635. The summed E-state index contributed by atoms with van der Waals surface area (Å²) in [4.78, 5) is 8.86. The molecule has 0 atom stereocenters. The van der Waals surface area contributed by atoms with Gasteiger partial charge in [-0.2, -0.15) is 0 Å². The Morgan fingerprint density at radius 1 is 1.06 bits per heavy atom. The highest BCUT2D eigenvalue weighted by Gasteiger charge is 2.09. The molecular weight excluding hydrogens is 210 g/mol. The molecule has 0 aliphatic carbocycles. The summed E-state index contributed by atoms with van der Waals surface area (Å²) < 4.78 is 2.02. The van der Waals surface area contributed by atoms with Crippen molar-refractivity contribution in [2.24, 2.45) is 7.05 Å². The van der Waals surface area contributed by atoms with Crippen LogP contribution in [0.15, 0.2) is 42.9 Å². The molecular formula is C14H13N3. The number of hydrogen-bond donors (Lipinski definition) is 0. The molecule has 3 rings (SSSR count). The fourth-order valence-electron chi connectivity index (χ4n) is 2.14. The van der Waals surface area contributed by atoms with Crippen molar-refractivity contribution in [1.29, 1.82) is 0 Å². The van der Waals surface area contributed by atoms with Crippen LogP contribution in [0.2, 0.25) is 0 Å². The highest BCUT2D eigenvalue weighted by molar-refractivity contribution is 5.92. The van der Waals surface area contributed by atoms with E-state index in [-0.39, 0.29) is 0 Å². The van der Waals surface area contributed by atoms with Crippen LogP contribution >= 0.6 is 0 Å². The van der Waals surface area contributed by atoms with Crippen LogP contribution in [-0.4, -0.2) is 14.5 Å². The van der Waals surface area contributed by atoms with Crippen molar-refractivity contribution in [2.45, 2.75) is 6.92 Å². The van der Waals surface area contributed by atoms with Crippen molar-refractivity contribution < 1.29 is 0 Å². The number of aryl methyl sites for hydroxylation is 2. The van der Waals surface area contributed by atoms with E-state index in [0.29, 0.717) is 0 Å². The molecule has 0 saturated heterocycles. The fourth-order valence-corrected chi connectivity index (χ4v) is 2.14. The molecule has 0 bridgehead atoms. The molecule has 0 aliphatic heterocycles. The Morgan fingerprint density at radius 2 is 1.94 bits per heavy atom. The lowest BCUT2D eigenvalue weighted by molar-refractivity contribution is 0.948. The first-order valence-electron chi connectivity index (χ1n) is 5.59. The molecule has 3 nitrogen and oxygen atoms in total. The van der Waals surface area contributed by atoms with Crippen molar-refractivity contribution in [1.82, 2.24) is 14.5 Å². The maximum atomic E-state index is 4.47. The Morgan fingerprint density at radius 3 is 2.76 bits per heavy atom. The molecule has 0 aromatic carbocycles. The maximum absolute atomic E-state index is 4.47. The van der Waals surface area contributed by atoms with Gasteiger partial charge in [0.25, 0.3) is 0 Å². The van der Waals surface area contributed by atoms with Gasteiger partial charge >= 0.3 is 0 Å². The van der Waals surface area contributed by atoms with Crippen molar-refractivity contribution in [3.63, 3.8) is 0 Å². The van der Waals surface area contributed by atoms with Gasteiger partial charge in [-0.05, 0) is 30.7 Å². The maximum Gasteiger partial charge on any atom is 0.140 e. The Kier molecular flexibility index (Phi) is 2.18. The van der Waals surface area contributed by atoms with Gasteiger partial charge in [-0.25, -0.2) is 4.98 Å². The van der Waals surface area contributed by atoms with Crippen molar-refractivity contribution in [2.75, 3.05) is 0 Å². The van der Waals surface area contributed by atoms with Crippen molar-refractivity contribution in [3.05, 3.63) is 48.4 Å². The molecule has 0 fully saturated rings. The molecule has 3 aromatic heterocycles. The number of aromatic nitrogens is 3. The third-order valence-electron chi connectivity index (χ3n) is 3.03. The van der Waals surface area contributed by atoms with Gasteiger partial charge in [-0.1, -0.05) is 6.07 Å². The van der Waals surface area contributed by atoms with Gasteiger partial charge in [0, 0.05) is 36.6 Å². The number of fused-ring (bicyclic) bond motifs is 1. The van der Waals surface area contributed by atoms with Crippen LogP contribution in [0, 0.1) is 6.92 Å².